The van der Waals surface area contributed by atoms with Gasteiger partial charge in [-0.05, 0) is 69.8 Å². The van der Waals surface area contributed by atoms with E-state index in [1.165, 1.54) is 0 Å². The van der Waals surface area contributed by atoms with Gasteiger partial charge >= 0.3 is 12.1 Å². The lowest BCUT2D eigenvalue weighted by Crippen LogP contribution is -2.50. The normalized spacial score (nSPS) is 14.4. The molecule has 2 aromatic heterocycles. The molecule has 0 fully saturated rings. The molecule has 1 aromatic carbocycles. The summed E-state index contributed by atoms with van der Waals surface area (Å²) in [6.45, 7) is 6.10. The number of pyridine rings is 1. The van der Waals surface area contributed by atoms with Crippen LogP contribution in [0.2, 0.25) is 0 Å². The maximum atomic E-state index is 13.2. The van der Waals surface area contributed by atoms with Crippen molar-refractivity contribution in [2.45, 2.75) is 58.3 Å². The lowest BCUT2D eigenvalue weighted by atomic mass is 9.79. The van der Waals surface area contributed by atoms with E-state index >= 15 is 0 Å². The molecular weight excluding hydrogens is 503 g/mol. The summed E-state index contributed by atoms with van der Waals surface area (Å²) in [6, 6.07) is 10.6. The lowest BCUT2D eigenvalue weighted by Gasteiger charge is -2.34. The molecule has 6 nitrogen and oxygen atoms in total. The molecule has 0 saturated carbocycles. The van der Waals surface area contributed by atoms with Gasteiger partial charge < -0.3 is 20.9 Å². The predicted octanol–water partition coefficient (Wildman–Crippen LogP) is 5.93. The molecule has 2 heterocycles. The summed E-state index contributed by atoms with van der Waals surface area (Å²) in [6.07, 6.45) is -1.76. The Kier molecular flexibility index (Phi) is 8.87. The highest BCUT2D eigenvalue weighted by Crippen LogP contribution is 2.35. The molecule has 202 valence electrons. The number of ether oxygens (including phenoxy) is 2. The maximum absolute atomic E-state index is 13.2. The molecule has 2 atom stereocenters. The molecule has 0 aliphatic heterocycles. The number of esters is 1. The number of alkyl halides is 3. The molecule has 0 amide bonds. The standard InChI is InChI=1S/C27H34F3N3O3S/c1-25(2,32)13-23(31)26(3,4)24(34)36-16-17(12-27(28,29)30)15-35-20-8-7-18-10-21(37-22(18)11-20)19-6-5-9-33-14-19/h5-11,14,17,23H,12-13,15-16,31-32H2,1-4H3. The second-order valence-corrected chi connectivity index (χ2v) is 11.8. The summed E-state index contributed by atoms with van der Waals surface area (Å²) >= 11 is 1.54. The Morgan fingerprint density at radius 1 is 1.08 bits per heavy atom. The van der Waals surface area contributed by atoms with Gasteiger partial charge in [0, 0.05) is 45.0 Å². The summed E-state index contributed by atoms with van der Waals surface area (Å²) < 4.78 is 51.7. The van der Waals surface area contributed by atoms with Crippen molar-refractivity contribution in [3.63, 3.8) is 0 Å². The number of benzene rings is 1. The Bertz CT molecular complexity index is 1190. The average molecular weight is 538 g/mol. The van der Waals surface area contributed by atoms with Gasteiger partial charge in [-0.15, -0.1) is 11.3 Å². The highest BCUT2D eigenvalue weighted by molar-refractivity contribution is 7.22. The van der Waals surface area contributed by atoms with Crippen LogP contribution in [0.4, 0.5) is 13.2 Å². The van der Waals surface area contributed by atoms with Crippen LogP contribution in [0.15, 0.2) is 48.8 Å². The summed E-state index contributed by atoms with van der Waals surface area (Å²) in [5, 5.41) is 0.996. The fraction of sp³-hybridized carbons (Fsp3) is 0.481. The number of fused-ring (bicyclic) bond motifs is 1. The Hall–Kier alpha value is -2.69. The topological polar surface area (TPSA) is 100 Å². The van der Waals surface area contributed by atoms with E-state index in [1.807, 2.05) is 24.3 Å². The van der Waals surface area contributed by atoms with Crippen LogP contribution in [0.3, 0.4) is 0 Å². The molecule has 0 spiro atoms. The minimum atomic E-state index is -4.44. The maximum Gasteiger partial charge on any atom is 0.389 e. The largest absolute Gasteiger partial charge is 0.493 e. The number of carbonyl (C=O) groups excluding carboxylic acids is 1. The van der Waals surface area contributed by atoms with Gasteiger partial charge in [0.1, 0.15) is 5.75 Å². The minimum Gasteiger partial charge on any atom is -0.493 e. The summed E-state index contributed by atoms with van der Waals surface area (Å²) in [7, 11) is 0. The van der Waals surface area contributed by atoms with Gasteiger partial charge in [-0.25, -0.2) is 0 Å². The Morgan fingerprint density at radius 3 is 2.43 bits per heavy atom. The first-order valence-electron chi connectivity index (χ1n) is 12.0. The number of halogens is 3. The van der Waals surface area contributed by atoms with Crippen LogP contribution in [0.5, 0.6) is 5.75 Å². The molecule has 4 N–H and O–H groups in total. The van der Waals surface area contributed by atoms with Crippen molar-refractivity contribution in [1.29, 1.82) is 0 Å². The van der Waals surface area contributed by atoms with Crippen LogP contribution in [-0.4, -0.2) is 41.9 Å². The van der Waals surface area contributed by atoms with Crippen molar-refractivity contribution < 1.29 is 27.4 Å². The van der Waals surface area contributed by atoms with Crippen molar-refractivity contribution in [2.75, 3.05) is 13.2 Å². The number of hydrogen-bond donors (Lipinski definition) is 2. The van der Waals surface area contributed by atoms with E-state index in [4.69, 9.17) is 20.9 Å². The number of hydrogen-bond acceptors (Lipinski definition) is 7. The average Bonchev–Trinajstić information content (AvgIpc) is 3.22. The van der Waals surface area contributed by atoms with Gasteiger partial charge in [0.15, 0.2) is 0 Å². The summed E-state index contributed by atoms with van der Waals surface area (Å²) in [4.78, 5) is 17.9. The fourth-order valence-electron chi connectivity index (χ4n) is 3.81. The third-order valence-electron chi connectivity index (χ3n) is 6.09. The molecule has 10 heteroatoms. The van der Waals surface area contributed by atoms with E-state index in [0.29, 0.717) is 12.2 Å². The van der Waals surface area contributed by atoms with E-state index in [0.717, 1.165) is 20.5 Å². The van der Waals surface area contributed by atoms with Crippen molar-refractivity contribution in [3.8, 4) is 16.2 Å². The molecule has 0 aliphatic carbocycles. The van der Waals surface area contributed by atoms with Gasteiger partial charge in [0.25, 0.3) is 0 Å². The number of carbonyl (C=O) groups is 1. The molecule has 0 saturated heterocycles. The number of nitrogens with two attached hydrogens (primary N) is 2. The predicted molar refractivity (Wildman–Crippen MR) is 140 cm³/mol. The molecular formula is C27H34F3N3O3S. The second kappa shape index (κ2) is 11.4. The zero-order chi connectivity index (χ0) is 27.4. The fourth-order valence-corrected chi connectivity index (χ4v) is 4.89. The van der Waals surface area contributed by atoms with Gasteiger partial charge in [-0.2, -0.15) is 13.2 Å². The smallest absolute Gasteiger partial charge is 0.389 e. The molecule has 0 radical (unpaired) electrons. The summed E-state index contributed by atoms with van der Waals surface area (Å²) in [5.41, 5.74) is 11.4. The lowest BCUT2D eigenvalue weighted by molar-refractivity contribution is -0.166. The zero-order valence-electron chi connectivity index (χ0n) is 21.5. The monoisotopic (exact) mass is 537 g/mol. The van der Waals surface area contributed by atoms with Gasteiger partial charge in [-0.3, -0.25) is 9.78 Å². The quantitative estimate of drug-likeness (QED) is 0.294. The highest BCUT2D eigenvalue weighted by atomic mass is 32.1. The first-order chi connectivity index (χ1) is 17.1. The highest BCUT2D eigenvalue weighted by Gasteiger charge is 2.39. The molecule has 3 rings (SSSR count). The van der Waals surface area contributed by atoms with Crippen LogP contribution in [-0.2, 0) is 9.53 Å². The van der Waals surface area contributed by atoms with Gasteiger partial charge in [0.2, 0.25) is 0 Å². The number of thiophene rings is 1. The van der Waals surface area contributed by atoms with E-state index in [-0.39, 0.29) is 6.61 Å². The molecule has 0 aliphatic rings. The third kappa shape index (κ3) is 8.41. The van der Waals surface area contributed by atoms with Crippen molar-refractivity contribution in [1.82, 2.24) is 4.98 Å². The summed E-state index contributed by atoms with van der Waals surface area (Å²) in [5.74, 6) is -1.30. The van der Waals surface area contributed by atoms with Crippen LogP contribution >= 0.6 is 11.3 Å². The van der Waals surface area contributed by atoms with Crippen molar-refractivity contribution >= 4 is 27.4 Å². The zero-order valence-corrected chi connectivity index (χ0v) is 22.3. The first-order valence-corrected chi connectivity index (χ1v) is 12.8. The van der Waals surface area contributed by atoms with Crippen LogP contribution in [0.1, 0.15) is 40.5 Å². The molecule has 2 unspecified atom stereocenters. The van der Waals surface area contributed by atoms with Crippen LogP contribution in [0.25, 0.3) is 20.5 Å². The Morgan fingerprint density at radius 2 is 1.81 bits per heavy atom. The number of rotatable bonds is 11. The minimum absolute atomic E-state index is 0.262. The Labute approximate surface area is 219 Å². The van der Waals surface area contributed by atoms with Crippen LogP contribution in [0, 0.1) is 11.3 Å². The molecule has 37 heavy (non-hydrogen) atoms. The third-order valence-corrected chi connectivity index (χ3v) is 7.24. The van der Waals surface area contributed by atoms with Crippen molar-refractivity contribution in [3.05, 3.63) is 48.8 Å². The van der Waals surface area contributed by atoms with Crippen LogP contribution < -0.4 is 16.2 Å². The van der Waals surface area contributed by atoms with E-state index < -0.39 is 48.1 Å². The SMILES string of the molecule is CC(C)(N)CC(N)C(C)(C)C(=O)OCC(COc1ccc2cc(-c3cccnc3)sc2c1)CC(F)(F)F. The first kappa shape index (κ1) is 28.9. The molecule has 0 bridgehead atoms. The number of nitrogens with zero attached hydrogens (tertiary/aromatic N) is 1. The van der Waals surface area contributed by atoms with Crippen molar-refractivity contribution in [2.24, 2.45) is 22.8 Å². The molecule has 3 aromatic rings. The van der Waals surface area contributed by atoms with E-state index in [9.17, 15) is 18.0 Å². The van der Waals surface area contributed by atoms with Gasteiger partial charge in [-0.1, -0.05) is 6.07 Å². The number of aromatic nitrogens is 1. The van der Waals surface area contributed by atoms with E-state index in [1.54, 1.807) is 63.6 Å². The van der Waals surface area contributed by atoms with E-state index in [2.05, 4.69) is 4.98 Å². The second-order valence-electron chi connectivity index (χ2n) is 10.7. The Balaban J connectivity index is 1.66. The van der Waals surface area contributed by atoms with Gasteiger partial charge in [0.05, 0.1) is 25.0 Å².